The molecule has 1 aliphatic heterocycles. The Labute approximate surface area is 181 Å². The van der Waals surface area contributed by atoms with Gasteiger partial charge in [-0.3, -0.25) is 4.40 Å². The van der Waals surface area contributed by atoms with E-state index in [0.29, 0.717) is 0 Å². The molecule has 3 aromatic carbocycles. The summed E-state index contributed by atoms with van der Waals surface area (Å²) in [6.07, 6.45) is 3.84. The number of fused-ring (bicyclic) bond motifs is 3. The van der Waals surface area contributed by atoms with E-state index in [1.165, 1.54) is 38.8 Å². The summed E-state index contributed by atoms with van der Waals surface area (Å²) in [6.45, 7) is 2.92. The Morgan fingerprint density at radius 1 is 0.806 bits per heavy atom. The van der Waals surface area contributed by atoms with Gasteiger partial charge in [-0.05, 0) is 70.9 Å². The van der Waals surface area contributed by atoms with Crippen LogP contribution in [0.15, 0.2) is 85.3 Å². The van der Waals surface area contributed by atoms with Gasteiger partial charge in [0.2, 0.25) is 0 Å². The van der Waals surface area contributed by atoms with Crippen molar-refractivity contribution in [1.82, 2.24) is 19.5 Å². The van der Waals surface area contributed by atoms with Crippen LogP contribution in [-0.4, -0.2) is 39.6 Å². The van der Waals surface area contributed by atoms with Crippen molar-refractivity contribution in [3.63, 3.8) is 0 Å². The third kappa shape index (κ3) is 3.23. The largest absolute Gasteiger partial charge is 0.340 e. The molecule has 0 radical (unpaired) electrons. The van der Waals surface area contributed by atoms with Gasteiger partial charge >= 0.3 is 0 Å². The fourth-order valence-corrected chi connectivity index (χ4v) is 4.53. The van der Waals surface area contributed by atoms with Crippen LogP contribution in [0.2, 0.25) is 0 Å². The number of likely N-dealkylation sites (N-methyl/N-ethyl adjacent to an activating group) is 1. The van der Waals surface area contributed by atoms with Crippen LogP contribution in [0.25, 0.3) is 27.5 Å². The number of nitrogens with zero attached hydrogens (tertiary/aromatic N) is 5. The third-order valence-corrected chi connectivity index (χ3v) is 6.18. The van der Waals surface area contributed by atoms with Crippen LogP contribution >= 0.6 is 0 Å². The summed E-state index contributed by atoms with van der Waals surface area (Å²) < 4.78 is 1.97. The van der Waals surface area contributed by atoms with Crippen molar-refractivity contribution in [2.45, 2.75) is 6.54 Å². The maximum Gasteiger partial charge on any atom is 0.160 e. The zero-order chi connectivity index (χ0) is 20.8. The van der Waals surface area contributed by atoms with Gasteiger partial charge in [-0.2, -0.15) is 0 Å². The molecule has 0 bridgehead atoms. The van der Waals surface area contributed by atoms with E-state index in [0.717, 1.165) is 25.3 Å². The van der Waals surface area contributed by atoms with Crippen molar-refractivity contribution >= 4 is 27.8 Å². The maximum atomic E-state index is 4.11. The van der Waals surface area contributed by atoms with E-state index >= 15 is 0 Å². The fraction of sp³-hybridized carbons (Fsp3) is 0.154. The van der Waals surface area contributed by atoms with Gasteiger partial charge in [-0.25, -0.2) is 0 Å². The number of rotatable bonds is 2. The first-order valence-electron chi connectivity index (χ1n) is 10.6. The highest BCUT2D eigenvalue weighted by molar-refractivity contribution is 5.87. The van der Waals surface area contributed by atoms with E-state index < -0.39 is 0 Å². The van der Waals surface area contributed by atoms with Crippen molar-refractivity contribution in [3.05, 3.63) is 90.9 Å². The smallest absolute Gasteiger partial charge is 0.160 e. The molecule has 0 amide bonds. The molecule has 0 N–H and O–H groups in total. The molecule has 31 heavy (non-hydrogen) atoms. The van der Waals surface area contributed by atoms with Gasteiger partial charge < -0.3 is 9.80 Å². The Morgan fingerprint density at radius 2 is 1.68 bits per heavy atom. The zero-order valence-corrected chi connectivity index (χ0v) is 17.4. The van der Waals surface area contributed by atoms with Crippen molar-refractivity contribution in [2.75, 3.05) is 25.0 Å². The number of pyridine rings is 1. The summed E-state index contributed by atoms with van der Waals surface area (Å²) in [5, 5.41) is 10.7. The molecule has 0 saturated carbocycles. The van der Waals surface area contributed by atoms with Crippen LogP contribution in [0.4, 0.5) is 11.4 Å². The SMILES string of the molecule is CN1CCN(c2ccc3ccccc3c2)c2ccc(-c3ccc4nncn4c3)cc2C1. The molecule has 0 unspecified atom stereocenters. The summed E-state index contributed by atoms with van der Waals surface area (Å²) in [6, 6.07) is 26.3. The standard InChI is InChI=1S/C26H23N5/c1-29-12-13-31(24-9-6-19-4-2-3-5-20(19)15-24)25-10-7-21(14-23(25)16-29)22-8-11-26-28-27-18-30(26)17-22/h2-11,14-15,17-18H,12-13,16H2,1H3. The molecule has 6 rings (SSSR count). The van der Waals surface area contributed by atoms with Crippen molar-refractivity contribution in [1.29, 1.82) is 0 Å². The average molecular weight is 406 g/mol. The highest BCUT2D eigenvalue weighted by Crippen LogP contribution is 2.35. The Hall–Kier alpha value is -3.70. The van der Waals surface area contributed by atoms with Crippen LogP contribution in [0.3, 0.4) is 0 Å². The van der Waals surface area contributed by atoms with Gasteiger partial charge in [-0.1, -0.05) is 36.4 Å². The summed E-state index contributed by atoms with van der Waals surface area (Å²) in [5.74, 6) is 0. The molecule has 0 atom stereocenters. The number of anilines is 2. The topological polar surface area (TPSA) is 36.7 Å². The van der Waals surface area contributed by atoms with E-state index in [1.54, 1.807) is 6.33 Å². The fourth-order valence-electron chi connectivity index (χ4n) is 4.53. The molecule has 1 aliphatic rings. The second kappa shape index (κ2) is 7.22. The van der Waals surface area contributed by atoms with Gasteiger partial charge in [-0.15, -0.1) is 10.2 Å². The lowest BCUT2D eigenvalue weighted by Crippen LogP contribution is -2.26. The number of hydrogen-bond acceptors (Lipinski definition) is 4. The Morgan fingerprint density at radius 3 is 2.61 bits per heavy atom. The van der Waals surface area contributed by atoms with Crippen LogP contribution in [0.1, 0.15) is 5.56 Å². The molecular weight excluding hydrogens is 382 g/mol. The number of hydrogen-bond donors (Lipinski definition) is 0. The average Bonchev–Trinajstić information content (AvgIpc) is 3.21. The summed E-state index contributed by atoms with van der Waals surface area (Å²) in [4.78, 5) is 4.85. The first-order valence-corrected chi connectivity index (χ1v) is 10.6. The lowest BCUT2D eigenvalue weighted by atomic mass is 10.0. The maximum absolute atomic E-state index is 4.11. The molecule has 5 heteroatoms. The predicted molar refractivity (Wildman–Crippen MR) is 126 cm³/mol. The molecule has 0 spiro atoms. The minimum Gasteiger partial charge on any atom is -0.340 e. The first-order chi connectivity index (χ1) is 15.2. The molecule has 0 fully saturated rings. The third-order valence-electron chi connectivity index (χ3n) is 6.18. The van der Waals surface area contributed by atoms with Crippen LogP contribution in [0, 0.1) is 0 Å². The van der Waals surface area contributed by atoms with Crippen molar-refractivity contribution in [2.24, 2.45) is 0 Å². The molecule has 0 aliphatic carbocycles. The summed E-state index contributed by atoms with van der Waals surface area (Å²) in [5.41, 5.74) is 7.11. The first kappa shape index (κ1) is 18.1. The monoisotopic (exact) mass is 405 g/mol. The lowest BCUT2D eigenvalue weighted by molar-refractivity contribution is 0.343. The van der Waals surface area contributed by atoms with E-state index in [4.69, 9.17) is 0 Å². The molecule has 3 heterocycles. The molecule has 5 aromatic rings. The molecule has 5 nitrogen and oxygen atoms in total. The Kier molecular flexibility index (Phi) is 4.21. The zero-order valence-electron chi connectivity index (χ0n) is 17.4. The van der Waals surface area contributed by atoms with E-state index in [1.807, 2.05) is 10.5 Å². The number of aromatic nitrogens is 3. The van der Waals surface area contributed by atoms with Crippen molar-refractivity contribution < 1.29 is 0 Å². The quantitative estimate of drug-likeness (QED) is 0.408. The van der Waals surface area contributed by atoms with Gasteiger partial charge in [0, 0.05) is 37.2 Å². The molecular formula is C26H23N5. The Balaban J connectivity index is 1.44. The minimum atomic E-state index is 0.862. The summed E-state index contributed by atoms with van der Waals surface area (Å²) >= 11 is 0. The van der Waals surface area contributed by atoms with Gasteiger partial charge in [0.05, 0.1) is 0 Å². The normalized spacial score (nSPS) is 14.7. The van der Waals surface area contributed by atoms with Gasteiger partial charge in [0.25, 0.3) is 0 Å². The van der Waals surface area contributed by atoms with Crippen LogP contribution < -0.4 is 4.90 Å². The van der Waals surface area contributed by atoms with Crippen LogP contribution in [-0.2, 0) is 6.54 Å². The van der Waals surface area contributed by atoms with E-state index in [2.05, 4.69) is 100.0 Å². The highest BCUT2D eigenvalue weighted by atomic mass is 15.2. The minimum absolute atomic E-state index is 0.862. The molecule has 0 saturated heterocycles. The molecule has 2 aromatic heterocycles. The number of benzene rings is 3. The van der Waals surface area contributed by atoms with E-state index in [-0.39, 0.29) is 0 Å². The highest BCUT2D eigenvalue weighted by Gasteiger charge is 2.20. The van der Waals surface area contributed by atoms with Gasteiger partial charge in [0.15, 0.2) is 5.65 Å². The van der Waals surface area contributed by atoms with Crippen LogP contribution in [0.5, 0.6) is 0 Å². The van der Waals surface area contributed by atoms with Gasteiger partial charge in [0.1, 0.15) is 6.33 Å². The Bertz CT molecular complexity index is 1400. The van der Waals surface area contributed by atoms with E-state index in [9.17, 15) is 0 Å². The lowest BCUT2D eigenvalue weighted by Gasteiger charge is -2.25. The molecule has 152 valence electrons. The second-order valence-electron chi connectivity index (χ2n) is 8.28. The summed E-state index contributed by atoms with van der Waals surface area (Å²) in [7, 11) is 2.20. The predicted octanol–water partition coefficient (Wildman–Crippen LogP) is 5.13. The second-order valence-corrected chi connectivity index (χ2v) is 8.28. The van der Waals surface area contributed by atoms with Crippen molar-refractivity contribution in [3.8, 4) is 11.1 Å².